The summed E-state index contributed by atoms with van der Waals surface area (Å²) in [6, 6.07) is 7.79. The quantitative estimate of drug-likeness (QED) is 0.597. The van der Waals surface area contributed by atoms with Crippen molar-refractivity contribution in [1.82, 2.24) is 14.9 Å². The van der Waals surface area contributed by atoms with Gasteiger partial charge >= 0.3 is 5.97 Å². The van der Waals surface area contributed by atoms with Crippen molar-refractivity contribution in [1.29, 1.82) is 0 Å². The maximum Gasteiger partial charge on any atom is 0.325 e. The van der Waals surface area contributed by atoms with Gasteiger partial charge in [0.05, 0.1) is 18.1 Å². The summed E-state index contributed by atoms with van der Waals surface area (Å²) >= 11 is 0. The molecule has 0 aliphatic carbocycles. The first-order valence-electron chi connectivity index (χ1n) is 7.87. The van der Waals surface area contributed by atoms with E-state index < -0.39 is 0 Å². The van der Waals surface area contributed by atoms with Crippen molar-refractivity contribution in [3.05, 3.63) is 30.1 Å². The number of aromatic nitrogens is 2. The Kier molecular flexibility index (Phi) is 6.14. The molecule has 1 heterocycles. The largest absolute Gasteiger partial charge is 0.468 e. The normalized spacial score (nSPS) is 10.7. The molecule has 0 saturated heterocycles. The van der Waals surface area contributed by atoms with Gasteiger partial charge in [-0.1, -0.05) is 18.6 Å². The Bertz CT molecular complexity index is 679. The third-order valence-corrected chi connectivity index (χ3v) is 3.70. The van der Waals surface area contributed by atoms with Crippen molar-refractivity contribution < 1.29 is 14.3 Å². The van der Waals surface area contributed by atoms with Gasteiger partial charge in [-0.25, -0.2) is 4.98 Å². The number of rotatable bonds is 8. The molecule has 1 aromatic heterocycles. The zero-order chi connectivity index (χ0) is 16.7. The number of esters is 1. The summed E-state index contributed by atoms with van der Waals surface area (Å²) in [6.07, 6.45) is 3.70. The average molecular weight is 317 g/mol. The number of nitrogens with one attached hydrogen (secondary N) is 1. The lowest BCUT2D eigenvalue weighted by atomic mass is 10.2. The number of unbranched alkanes of at least 4 members (excludes halogenated alkanes) is 2. The molecule has 0 fully saturated rings. The number of imidazole rings is 1. The van der Waals surface area contributed by atoms with Crippen LogP contribution in [0.4, 0.5) is 0 Å². The zero-order valence-electron chi connectivity index (χ0n) is 13.7. The summed E-state index contributed by atoms with van der Waals surface area (Å²) in [6.45, 7) is 2.40. The van der Waals surface area contributed by atoms with Gasteiger partial charge in [-0.05, 0) is 25.0 Å². The Morgan fingerprint density at radius 1 is 1.22 bits per heavy atom. The highest BCUT2D eigenvalue weighted by atomic mass is 16.5. The molecule has 1 amide bonds. The van der Waals surface area contributed by atoms with Crippen molar-refractivity contribution in [3.8, 4) is 0 Å². The number of carbonyl (C=O) groups excluding carboxylic acids is 2. The summed E-state index contributed by atoms with van der Waals surface area (Å²) in [5.41, 5.74) is 1.84. The van der Waals surface area contributed by atoms with Crippen LogP contribution in [0.2, 0.25) is 0 Å². The number of para-hydroxylation sites is 2. The van der Waals surface area contributed by atoms with Crippen molar-refractivity contribution >= 4 is 22.9 Å². The molecule has 2 aromatic rings. The fraction of sp³-hybridized carbons (Fsp3) is 0.471. The van der Waals surface area contributed by atoms with Gasteiger partial charge < -0.3 is 14.6 Å². The van der Waals surface area contributed by atoms with E-state index in [-0.39, 0.29) is 18.4 Å². The van der Waals surface area contributed by atoms with Gasteiger partial charge in [0.1, 0.15) is 12.4 Å². The topological polar surface area (TPSA) is 73.2 Å². The van der Waals surface area contributed by atoms with E-state index in [0.717, 1.165) is 42.5 Å². The van der Waals surface area contributed by atoms with Crippen LogP contribution >= 0.6 is 0 Å². The van der Waals surface area contributed by atoms with Crippen LogP contribution in [0.25, 0.3) is 11.0 Å². The third kappa shape index (κ3) is 4.81. The van der Waals surface area contributed by atoms with Crippen LogP contribution in [0, 0.1) is 0 Å². The maximum absolute atomic E-state index is 11.6. The standard InChI is InChI=1S/C17H23N3O3/c1-13(21)18-11-7-3-4-10-16-19-14-8-5-6-9-15(14)20(16)12-17(22)23-2/h5-6,8-9H,3-4,7,10-12H2,1-2H3,(H,18,21). The van der Waals surface area contributed by atoms with Crippen LogP contribution in [0.3, 0.4) is 0 Å². The molecule has 2 rings (SSSR count). The van der Waals surface area contributed by atoms with E-state index in [0.29, 0.717) is 6.54 Å². The van der Waals surface area contributed by atoms with Crippen molar-refractivity contribution in [2.75, 3.05) is 13.7 Å². The SMILES string of the molecule is COC(=O)Cn1c(CCCCCNC(C)=O)nc2ccccc21. The minimum Gasteiger partial charge on any atom is -0.468 e. The molecule has 0 aliphatic heterocycles. The number of benzene rings is 1. The number of carbonyl (C=O) groups is 2. The number of fused-ring (bicyclic) bond motifs is 1. The first kappa shape index (κ1) is 17.0. The third-order valence-electron chi connectivity index (χ3n) is 3.70. The van der Waals surface area contributed by atoms with Gasteiger partial charge in [0.25, 0.3) is 0 Å². The Balaban J connectivity index is 1.99. The number of nitrogens with zero attached hydrogens (tertiary/aromatic N) is 2. The molecular formula is C17H23N3O3. The predicted octanol–water partition coefficient (Wildman–Crippen LogP) is 2.06. The lowest BCUT2D eigenvalue weighted by molar-refractivity contribution is -0.141. The molecule has 0 aliphatic rings. The summed E-state index contributed by atoms with van der Waals surface area (Å²) < 4.78 is 6.71. The minimum absolute atomic E-state index is 0.00451. The lowest BCUT2D eigenvalue weighted by Gasteiger charge is -2.08. The zero-order valence-corrected chi connectivity index (χ0v) is 13.7. The van der Waals surface area contributed by atoms with Gasteiger partial charge in [-0.2, -0.15) is 0 Å². The molecular weight excluding hydrogens is 294 g/mol. The van der Waals surface area contributed by atoms with Crippen LogP contribution in [0.15, 0.2) is 24.3 Å². The summed E-state index contributed by atoms with van der Waals surface area (Å²) in [4.78, 5) is 27.1. The van der Waals surface area contributed by atoms with Crippen LogP contribution in [-0.4, -0.2) is 35.1 Å². The molecule has 6 nitrogen and oxygen atoms in total. The fourth-order valence-electron chi connectivity index (χ4n) is 2.54. The highest BCUT2D eigenvalue weighted by molar-refractivity contribution is 5.78. The monoisotopic (exact) mass is 317 g/mol. The smallest absolute Gasteiger partial charge is 0.325 e. The molecule has 0 saturated carbocycles. The van der Waals surface area contributed by atoms with E-state index in [2.05, 4.69) is 10.3 Å². The number of hydrogen-bond acceptors (Lipinski definition) is 4. The molecule has 0 atom stereocenters. The Morgan fingerprint density at radius 2 is 2.00 bits per heavy atom. The molecule has 6 heteroatoms. The van der Waals surface area contributed by atoms with E-state index >= 15 is 0 Å². The van der Waals surface area contributed by atoms with Gasteiger partial charge in [0, 0.05) is 19.9 Å². The second-order valence-corrected chi connectivity index (χ2v) is 5.47. The molecule has 0 unspecified atom stereocenters. The summed E-state index contributed by atoms with van der Waals surface area (Å²) in [5, 5.41) is 2.79. The molecule has 0 radical (unpaired) electrons. The number of hydrogen-bond donors (Lipinski definition) is 1. The molecule has 23 heavy (non-hydrogen) atoms. The second-order valence-electron chi connectivity index (χ2n) is 5.47. The van der Waals surface area contributed by atoms with Crippen LogP contribution in [0.5, 0.6) is 0 Å². The Hall–Kier alpha value is -2.37. The van der Waals surface area contributed by atoms with Crippen LogP contribution in [-0.2, 0) is 27.3 Å². The fourth-order valence-corrected chi connectivity index (χ4v) is 2.54. The summed E-state index contributed by atoms with van der Waals surface area (Å²) in [7, 11) is 1.39. The lowest BCUT2D eigenvalue weighted by Crippen LogP contribution is -2.20. The molecule has 124 valence electrons. The van der Waals surface area contributed by atoms with Crippen LogP contribution < -0.4 is 5.32 Å². The highest BCUT2D eigenvalue weighted by Crippen LogP contribution is 2.18. The van der Waals surface area contributed by atoms with Gasteiger partial charge in [0.2, 0.25) is 5.91 Å². The molecule has 0 bridgehead atoms. The minimum atomic E-state index is -0.278. The second kappa shape index (κ2) is 8.31. The number of methoxy groups -OCH3 is 1. The van der Waals surface area contributed by atoms with Gasteiger partial charge in [-0.15, -0.1) is 0 Å². The average Bonchev–Trinajstić information content (AvgIpc) is 2.88. The Labute approximate surface area is 135 Å². The summed E-state index contributed by atoms with van der Waals surface area (Å²) in [5.74, 6) is 0.626. The predicted molar refractivity (Wildman–Crippen MR) is 88.0 cm³/mol. The van der Waals surface area contributed by atoms with E-state index in [1.807, 2.05) is 28.8 Å². The van der Waals surface area contributed by atoms with E-state index in [9.17, 15) is 9.59 Å². The van der Waals surface area contributed by atoms with E-state index in [1.54, 1.807) is 0 Å². The van der Waals surface area contributed by atoms with Crippen molar-refractivity contribution in [2.24, 2.45) is 0 Å². The van der Waals surface area contributed by atoms with Crippen molar-refractivity contribution in [2.45, 2.75) is 39.2 Å². The number of ether oxygens (including phenoxy) is 1. The first-order valence-corrected chi connectivity index (χ1v) is 7.87. The Morgan fingerprint density at radius 3 is 2.74 bits per heavy atom. The first-order chi connectivity index (χ1) is 11.1. The van der Waals surface area contributed by atoms with E-state index in [1.165, 1.54) is 14.0 Å². The molecule has 0 spiro atoms. The number of amides is 1. The van der Waals surface area contributed by atoms with Crippen LogP contribution in [0.1, 0.15) is 32.0 Å². The van der Waals surface area contributed by atoms with Gasteiger partial charge in [-0.3, -0.25) is 9.59 Å². The van der Waals surface area contributed by atoms with E-state index in [4.69, 9.17) is 4.74 Å². The maximum atomic E-state index is 11.6. The van der Waals surface area contributed by atoms with Crippen molar-refractivity contribution in [3.63, 3.8) is 0 Å². The highest BCUT2D eigenvalue weighted by Gasteiger charge is 2.13. The molecule has 1 aromatic carbocycles. The molecule has 1 N–H and O–H groups in total. The number of aryl methyl sites for hydroxylation is 1. The van der Waals surface area contributed by atoms with Gasteiger partial charge in [0.15, 0.2) is 0 Å².